The van der Waals surface area contributed by atoms with Crippen LogP contribution < -0.4 is 5.73 Å². The lowest BCUT2D eigenvalue weighted by Gasteiger charge is -2.06. The van der Waals surface area contributed by atoms with Crippen molar-refractivity contribution in [3.8, 4) is 11.3 Å². The SMILES string of the molecule is Cc1ccc(C)c(-c2ccnc(C(N)=O)n2)c1. The van der Waals surface area contributed by atoms with Gasteiger partial charge in [0.15, 0.2) is 0 Å². The van der Waals surface area contributed by atoms with Gasteiger partial charge >= 0.3 is 0 Å². The first-order valence-electron chi connectivity index (χ1n) is 5.28. The Kier molecular flexibility index (Phi) is 2.87. The van der Waals surface area contributed by atoms with Crippen LogP contribution in [0, 0.1) is 13.8 Å². The molecule has 0 aliphatic heterocycles. The number of nitrogens with zero attached hydrogens (tertiary/aromatic N) is 2. The smallest absolute Gasteiger partial charge is 0.286 e. The Bertz CT molecular complexity index is 579. The Morgan fingerprint density at radius 2 is 2.00 bits per heavy atom. The monoisotopic (exact) mass is 227 g/mol. The second-order valence-electron chi connectivity index (χ2n) is 3.95. The molecule has 1 heterocycles. The molecule has 0 saturated heterocycles. The van der Waals surface area contributed by atoms with Crippen molar-refractivity contribution in [2.45, 2.75) is 13.8 Å². The van der Waals surface area contributed by atoms with Gasteiger partial charge in [-0.05, 0) is 31.5 Å². The number of carbonyl (C=O) groups excluding carboxylic acids is 1. The summed E-state index contributed by atoms with van der Waals surface area (Å²) in [5.41, 5.74) is 9.12. The largest absolute Gasteiger partial charge is 0.363 e. The van der Waals surface area contributed by atoms with Gasteiger partial charge in [-0.3, -0.25) is 4.79 Å². The molecule has 0 fully saturated rings. The van der Waals surface area contributed by atoms with Crippen molar-refractivity contribution in [3.05, 3.63) is 47.4 Å². The fourth-order valence-corrected chi connectivity index (χ4v) is 1.64. The molecule has 4 nitrogen and oxygen atoms in total. The molecule has 2 N–H and O–H groups in total. The lowest BCUT2D eigenvalue weighted by molar-refractivity contribution is 0.0990. The number of hydrogen-bond acceptors (Lipinski definition) is 3. The highest BCUT2D eigenvalue weighted by atomic mass is 16.1. The number of carbonyl (C=O) groups is 1. The maximum absolute atomic E-state index is 11.0. The van der Waals surface area contributed by atoms with E-state index in [2.05, 4.69) is 9.97 Å². The van der Waals surface area contributed by atoms with E-state index in [-0.39, 0.29) is 5.82 Å². The van der Waals surface area contributed by atoms with Crippen LogP contribution in [0.1, 0.15) is 21.7 Å². The first-order valence-corrected chi connectivity index (χ1v) is 5.28. The summed E-state index contributed by atoms with van der Waals surface area (Å²) in [6.07, 6.45) is 1.55. The van der Waals surface area contributed by atoms with Gasteiger partial charge in [0, 0.05) is 11.8 Å². The fraction of sp³-hybridized carbons (Fsp3) is 0.154. The quantitative estimate of drug-likeness (QED) is 0.851. The van der Waals surface area contributed by atoms with Gasteiger partial charge in [-0.1, -0.05) is 17.7 Å². The average Bonchev–Trinajstić information content (AvgIpc) is 2.32. The van der Waals surface area contributed by atoms with Crippen LogP contribution in [0.4, 0.5) is 0 Å². The zero-order valence-electron chi connectivity index (χ0n) is 9.77. The number of hydrogen-bond donors (Lipinski definition) is 1. The molecular formula is C13H13N3O. The summed E-state index contributed by atoms with van der Waals surface area (Å²) in [4.78, 5) is 19.0. The molecule has 2 rings (SSSR count). The molecule has 0 atom stereocenters. The summed E-state index contributed by atoms with van der Waals surface area (Å²) in [7, 11) is 0. The van der Waals surface area contributed by atoms with Gasteiger partial charge in [0.25, 0.3) is 5.91 Å². The summed E-state index contributed by atoms with van der Waals surface area (Å²) in [6, 6.07) is 7.86. The Labute approximate surface area is 99.5 Å². The fourth-order valence-electron chi connectivity index (χ4n) is 1.64. The van der Waals surface area contributed by atoms with Gasteiger partial charge in [0.1, 0.15) is 0 Å². The minimum absolute atomic E-state index is 0.0448. The minimum Gasteiger partial charge on any atom is -0.363 e. The van der Waals surface area contributed by atoms with Crippen LogP contribution in [0.3, 0.4) is 0 Å². The van der Waals surface area contributed by atoms with Gasteiger partial charge in [-0.2, -0.15) is 0 Å². The Morgan fingerprint density at radius 1 is 1.24 bits per heavy atom. The Hall–Kier alpha value is -2.23. The molecule has 1 aromatic heterocycles. The number of aromatic nitrogens is 2. The normalized spacial score (nSPS) is 10.2. The van der Waals surface area contributed by atoms with E-state index in [1.807, 2.05) is 32.0 Å². The topological polar surface area (TPSA) is 68.9 Å². The van der Waals surface area contributed by atoms with Gasteiger partial charge in [0.05, 0.1) is 5.69 Å². The second kappa shape index (κ2) is 4.33. The van der Waals surface area contributed by atoms with Crippen molar-refractivity contribution in [1.29, 1.82) is 0 Å². The Morgan fingerprint density at radius 3 is 2.71 bits per heavy atom. The van der Waals surface area contributed by atoms with Crippen molar-refractivity contribution in [1.82, 2.24) is 9.97 Å². The molecule has 0 aliphatic rings. The van der Waals surface area contributed by atoms with Crippen molar-refractivity contribution < 1.29 is 4.79 Å². The van der Waals surface area contributed by atoms with E-state index >= 15 is 0 Å². The van der Waals surface area contributed by atoms with Crippen LogP contribution in [0.2, 0.25) is 0 Å². The lowest BCUT2D eigenvalue weighted by atomic mass is 10.0. The number of amides is 1. The van der Waals surface area contributed by atoms with Gasteiger partial charge in [0.2, 0.25) is 5.82 Å². The summed E-state index contributed by atoms with van der Waals surface area (Å²) >= 11 is 0. The van der Waals surface area contributed by atoms with Gasteiger partial charge < -0.3 is 5.73 Å². The molecule has 0 bridgehead atoms. The maximum Gasteiger partial charge on any atom is 0.286 e. The molecule has 0 spiro atoms. The molecule has 2 aromatic rings. The minimum atomic E-state index is -0.614. The van der Waals surface area contributed by atoms with E-state index in [0.29, 0.717) is 0 Å². The third-order valence-electron chi connectivity index (χ3n) is 2.54. The number of benzene rings is 1. The number of aryl methyl sites for hydroxylation is 2. The molecule has 1 amide bonds. The Balaban J connectivity index is 2.56. The maximum atomic E-state index is 11.0. The van der Waals surface area contributed by atoms with Crippen molar-refractivity contribution in [2.24, 2.45) is 5.73 Å². The zero-order chi connectivity index (χ0) is 12.4. The molecule has 0 radical (unpaired) electrons. The standard InChI is InChI=1S/C13H13N3O/c1-8-3-4-9(2)10(7-8)11-5-6-15-13(16-11)12(14)17/h3-7H,1-2H3,(H2,14,17). The lowest BCUT2D eigenvalue weighted by Crippen LogP contribution is -2.15. The molecule has 1 aromatic carbocycles. The van der Waals surface area contributed by atoms with Crippen molar-refractivity contribution in [3.63, 3.8) is 0 Å². The zero-order valence-corrected chi connectivity index (χ0v) is 9.77. The van der Waals surface area contributed by atoms with E-state index in [1.54, 1.807) is 12.3 Å². The van der Waals surface area contributed by atoms with E-state index in [9.17, 15) is 4.79 Å². The average molecular weight is 227 g/mol. The highest BCUT2D eigenvalue weighted by Gasteiger charge is 2.08. The molecule has 17 heavy (non-hydrogen) atoms. The molecule has 4 heteroatoms. The summed E-state index contributed by atoms with van der Waals surface area (Å²) in [5.74, 6) is -0.569. The number of rotatable bonds is 2. The summed E-state index contributed by atoms with van der Waals surface area (Å²) in [6.45, 7) is 4.01. The molecule has 86 valence electrons. The molecule has 0 saturated carbocycles. The first kappa shape index (κ1) is 11.3. The highest BCUT2D eigenvalue weighted by molar-refractivity contribution is 5.89. The molecular weight excluding hydrogens is 214 g/mol. The van der Waals surface area contributed by atoms with E-state index < -0.39 is 5.91 Å². The predicted molar refractivity (Wildman–Crippen MR) is 65.5 cm³/mol. The van der Waals surface area contributed by atoms with Crippen molar-refractivity contribution in [2.75, 3.05) is 0 Å². The van der Waals surface area contributed by atoms with Gasteiger partial charge in [-0.25, -0.2) is 9.97 Å². The van der Waals surface area contributed by atoms with Gasteiger partial charge in [-0.15, -0.1) is 0 Å². The third-order valence-corrected chi connectivity index (χ3v) is 2.54. The number of nitrogens with two attached hydrogens (primary N) is 1. The highest BCUT2D eigenvalue weighted by Crippen LogP contribution is 2.22. The number of primary amides is 1. The molecule has 0 aliphatic carbocycles. The predicted octanol–water partition coefficient (Wildman–Crippen LogP) is 1.86. The first-order chi connectivity index (χ1) is 8.08. The molecule has 0 unspecified atom stereocenters. The summed E-state index contributed by atoms with van der Waals surface area (Å²) in [5, 5.41) is 0. The van der Waals surface area contributed by atoms with Crippen LogP contribution in [0.15, 0.2) is 30.5 Å². The van der Waals surface area contributed by atoms with Crippen molar-refractivity contribution >= 4 is 5.91 Å². The van der Waals surface area contributed by atoms with Crippen LogP contribution >= 0.6 is 0 Å². The van der Waals surface area contributed by atoms with Crippen LogP contribution in [-0.2, 0) is 0 Å². The second-order valence-corrected chi connectivity index (χ2v) is 3.95. The van der Waals surface area contributed by atoms with Crippen LogP contribution in [0.25, 0.3) is 11.3 Å². The third kappa shape index (κ3) is 2.30. The van der Waals surface area contributed by atoms with Crippen LogP contribution in [0.5, 0.6) is 0 Å². The van der Waals surface area contributed by atoms with Crippen LogP contribution in [-0.4, -0.2) is 15.9 Å². The van der Waals surface area contributed by atoms with E-state index in [0.717, 1.165) is 22.4 Å². The van der Waals surface area contributed by atoms with E-state index in [4.69, 9.17) is 5.73 Å². The van der Waals surface area contributed by atoms with E-state index in [1.165, 1.54) is 0 Å². The summed E-state index contributed by atoms with van der Waals surface area (Å²) < 4.78 is 0.